The highest BCUT2D eigenvalue weighted by atomic mass is 35.5. The van der Waals surface area contributed by atoms with E-state index in [1.807, 2.05) is 0 Å². The van der Waals surface area contributed by atoms with E-state index in [2.05, 4.69) is 4.98 Å². The van der Waals surface area contributed by atoms with Crippen LogP contribution in [0.4, 0.5) is 5.69 Å². The highest BCUT2D eigenvalue weighted by Gasteiger charge is 2.13. The first-order valence-corrected chi connectivity index (χ1v) is 3.81. The summed E-state index contributed by atoms with van der Waals surface area (Å²) in [4.78, 5) is 13.5. The minimum atomic E-state index is -0.577. The lowest BCUT2D eigenvalue weighted by atomic mass is 10.3. The lowest BCUT2D eigenvalue weighted by Gasteiger charge is -1.99. The molecule has 0 N–H and O–H groups in total. The van der Waals surface area contributed by atoms with Crippen molar-refractivity contribution < 1.29 is 9.66 Å². The van der Waals surface area contributed by atoms with Gasteiger partial charge >= 0.3 is 5.69 Å². The molecule has 0 spiro atoms. The third-order valence-electron chi connectivity index (χ3n) is 1.38. The van der Waals surface area contributed by atoms with Gasteiger partial charge in [0.2, 0.25) is 5.15 Å². The van der Waals surface area contributed by atoms with Gasteiger partial charge in [0.05, 0.1) is 17.2 Å². The second-order valence-electron chi connectivity index (χ2n) is 2.30. The minimum Gasteiger partial charge on any atom is -0.378 e. The van der Waals surface area contributed by atoms with Gasteiger partial charge in [0.25, 0.3) is 0 Å². The van der Waals surface area contributed by atoms with Crippen LogP contribution in [0, 0.1) is 10.1 Å². The van der Waals surface area contributed by atoms with Gasteiger partial charge < -0.3 is 4.74 Å². The van der Waals surface area contributed by atoms with Crippen LogP contribution in [0.15, 0.2) is 12.1 Å². The zero-order valence-corrected chi connectivity index (χ0v) is 7.61. The Labute approximate surface area is 79.5 Å². The molecule has 13 heavy (non-hydrogen) atoms. The molecule has 0 aliphatic carbocycles. The van der Waals surface area contributed by atoms with Crippen LogP contribution in [-0.4, -0.2) is 17.0 Å². The largest absolute Gasteiger partial charge is 0.378 e. The molecule has 6 heteroatoms. The Morgan fingerprint density at radius 3 is 2.85 bits per heavy atom. The average Bonchev–Trinajstić information content (AvgIpc) is 2.04. The van der Waals surface area contributed by atoms with Gasteiger partial charge in [0.15, 0.2) is 0 Å². The van der Waals surface area contributed by atoms with E-state index in [4.69, 9.17) is 16.3 Å². The molecule has 0 aliphatic rings. The zero-order valence-electron chi connectivity index (χ0n) is 6.86. The normalized spacial score (nSPS) is 10.0. The topological polar surface area (TPSA) is 65.3 Å². The van der Waals surface area contributed by atoms with Gasteiger partial charge in [0, 0.05) is 13.2 Å². The molecule has 5 nitrogen and oxygen atoms in total. The summed E-state index contributed by atoms with van der Waals surface area (Å²) >= 11 is 5.55. The van der Waals surface area contributed by atoms with Crippen LogP contribution in [0.2, 0.25) is 5.15 Å². The number of aromatic nitrogens is 1. The highest BCUT2D eigenvalue weighted by Crippen LogP contribution is 2.21. The fraction of sp³-hybridized carbons (Fsp3) is 0.286. The van der Waals surface area contributed by atoms with Gasteiger partial charge in [-0.1, -0.05) is 11.6 Å². The summed E-state index contributed by atoms with van der Waals surface area (Å²) in [6, 6.07) is 2.82. The van der Waals surface area contributed by atoms with Crippen LogP contribution in [0.25, 0.3) is 0 Å². The predicted molar refractivity (Wildman–Crippen MR) is 46.6 cm³/mol. The van der Waals surface area contributed by atoms with Crippen LogP contribution in [0.5, 0.6) is 0 Å². The van der Waals surface area contributed by atoms with E-state index in [-0.39, 0.29) is 17.4 Å². The summed E-state index contributed by atoms with van der Waals surface area (Å²) in [5.74, 6) is 0. The molecule has 0 saturated heterocycles. The molecule has 0 fully saturated rings. The summed E-state index contributed by atoms with van der Waals surface area (Å²) in [7, 11) is 1.51. The number of pyridine rings is 1. The molecule has 0 aliphatic heterocycles. The van der Waals surface area contributed by atoms with E-state index >= 15 is 0 Å². The van der Waals surface area contributed by atoms with Crippen molar-refractivity contribution in [2.24, 2.45) is 0 Å². The molecule has 0 bridgehead atoms. The van der Waals surface area contributed by atoms with Gasteiger partial charge in [-0.15, -0.1) is 0 Å². The van der Waals surface area contributed by atoms with Crippen LogP contribution < -0.4 is 0 Å². The standard InChI is InChI=1S/C7H7ClN2O3/c1-13-4-5-2-3-6(10(11)12)7(8)9-5/h2-3H,4H2,1H3. The number of nitrogens with zero attached hydrogens (tertiary/aromatic N) is 2. The van der Waals surface area contributed by atoms with Crippen molar-refractivity contribution in [2.75, 3.05) is 7.11 Å². The number of hydrogen-bond acceptors (Lipinski definition) is 4. The maximum atomic E-state index is 10.3. The van der Waals surface area contributed by atoms with Crippen molar-refractivity contribution in [3.63, 3.8) is 0 Å². The van der Waals surface area contributed by atoms with Gasteiger partial charge in [-0.05, 0) is 6.07 Å². The molecule has 1 aromatic heterocycles. The van der Waals surface area contributed by atoms with E-state index in [9.17, 15) is 10.1 Å². The van der Waals surface area contributed by atoms with E-state index in [0.29, 0.717) is 5.69 Å². The Bertz CT molecular complexity index is 330. The fourth-order valence-corrected chi connectivity index (χ4v) is 1.07. The van der Waals surface area contributed by atoms with E-state index in [1.54, 1.807) is 0 Å². The fourth-order valence-electron chi connectivity index (χ4n) is 0.829. The van der Waals surface area contributed by atoms with Gasteiger partial charge in [-0.2, -0.15) is 0 Å². The SMILES string of the molecule is COCc1ccc([N+](=O)[O-])c(Cl)n1. The second kappa shape index (κ2) is 4.15. The first kappa shape index (κ1) is 9.88. The Morgan fingerprint density at radius 2 is 2.38 bits per heavy atom. The Hall–Kier alpha value is -1.20. The van der Waals surface area contributed by atoms with Gasteiger partial charge in [0.1, 0.15) is 0 Å². The van der Waals surface area contributed by atoms with E-state index < -0.39 is 4.92 Å². The first-order chi connectivity index (χ1) is 6.15. The van der Waals surface area contributed by atoms with E-state index in [0.717, 1.165) is 0 Å². The molecule has 70 valence electrons. The predicted octanol–water partition coefficient (Wildman–Crippen LogP) is 1.79. The molecule has 0 saturated carbocycles. The quantitative estimate of drug-likeness (QED) is 0.426. The molecule has 1 aromatic rings. The molecule has 1 heterocycles. The van der Waals surface area contributed by atoms with Crippen molar-refractivity contribution in [1.82, 2.24) is 4.98 Å². The molecule has 0 radical (unpaired) electrons. The highest BCUT2D eigenvalue weighted by molar-refractivity contribution is 6.31. The Kier molecular flexibility index (Phi) is 3.16. The number of nitro groups is 1. The number of methoxy groups -OCH3 is 1. The monoisotopic (exact) mass is 202 g/mol. The molecule has 0 amide bonds. The van der Waals surface area contributed by atoms with Crippen LogP contribution in [0.3, 0.4) is 0 Å². The van der Waals surface area contributed by atoms with Crippen LogP contribution in [-0.2, 0) is 11.3 Å². The maximum Gasteiger partial charge on any atom is 0.306 e. The summed E-state index contributed by atoms with van der Waals surface area (Å²) in [6.45, 7) is 0.289. The number of halogens is 1. The Balaban J connectivity index is 2.98. The number of hydrogen-bond donors (Lipinski definition) is 0. The van der Waals surface area contributed by atoms with Crippen molar-refractivity contribution in [1.29, 1.82) is 0 Å². The van der Waals surface area contributed by atoms with Gasteiger partial charge in [-0.25, -0.2) is 4.98 Å². The summed E-state index contributed by atoms with van der Waals surface area (Å²) < 4.78 is 4.79. The molecule has 0 aromatic carbocycles. The average molecular weight is 203 g/mol. The van der Waals surface area contributed by atoms with Crippen molar-refractivity contribution in [2.45, 2.75) is 6.61 Å². The number of rotatable bonds is 3. The minimum absolute atomic E-state index is 0.112. The third-order valence-corrected chi connectivity index (χ3v) is 1.65. The summed E-state index contributed by atoms with van der Waals surface area (Å²) in [5.41, 5.74) is 0.375. The maximum absolute atomic E-state index is 10.3. The van der Waals surface area contributed by atoms with E-state index in [1.165, 1.54) is 19.2 Å². The second-order valence-corrected chi connectivity index (χ2v) is 2.66. The Morgan fingerprint density at radius 1 is 1.69 bits per heavy atom. The molecule has 1 rings (SSSR count). The molecule has 0 unspecified atom stereocenters. The smallest absolute Gasteiger partial charge is 0.306 e. The van der Waals surface area contributed by atoms with Gasteiger partial charge in [-0.3, -0.25) is 10.1 Å². The zero-order chi connectivity index (χ0) is 9.84. The third kappa shape index (κ3) is 2.37. The lowest BCUT2D eigenvalue weighted by molar-refractivity contribution is -0.385. The van der Waals surface area contributed by atoms with Crippen LogP contribution in [0.1, 0.15) is 5.69 Å². The first-order valence-electron chi connectivity index (χ1n) is 3.44. The van der Waals surface area contributed by atoms with Crippen LogP contribution >= 0.6 is 11.6 Å². The number of ether oxygens (including phenoxy) is 1. The summed E-state index contributed by atoms with van der Waals surface area (Å²) in [6.07, 6.45) is 0. The van der Waals surface area contributed by atoms with Crippen molar-refractivity contribution >= 4 is 17.3 Å². The molecular formula is C7H7ClN2O3. The summed E-state index contributed by atoms with van der Waals surface area (Å²) in [5, 5.41) is 10.2. The molecule has 0 atom stereocenters. The van der Waals surface area contributed by atoms with Crippen molar-refractivity contribution in [3.05, 3.63) is 33.1 Å². The lowest BCUT2D eigenvalue weighted by Crippen LogP contribution is -1.96. The van der Waals surface area contributed by atoms with Crippen molar-refractivity contribution in [3.8, 4) is 0 Å². The molecular weight excluding hydrogens is 196 g/mol.